The van der Waals surface area contributed by atoms with Crippen LogP contribution in [0.5, 0.6) is 0 Å². The molecule has 0 saturated carbocycles. The number of sulfonamides is 1. The van der Waals surface area contributed by atoms with Crippen LogP contribution < -0.4 is 15.8 Å². The van der Waals surface area contributed by atoms with Gasteiger partial charge in [0, 0.05) is 11.4 Å². The van der Waals surface area contributed by atoms with E-state index in [0.29, 0.717) is 5.69 Å². The topological polar surface area (TPSA) is 122 Å². The molecular formula is C19H24N4O4S. The van der Waals surface area contributed by atoms with Gasteiger partial charge in [0.25, 0.3) is 0 Å². The molecule has 8 nitrogen and oxygen atoms in total. The Morgan fingerprint density at radius 2 is 1.64 bits per heavy atom. The number of para-hydroxylation sites is 1. The quantitative estimate of drug-likeness (QED) is 0.614. The van der Waals surface area contributed by atoms with Gasteiger partial charge in [0.15, 0.2) is 0 Å². The van der Waals surface area contributed by atoms with Gasteiger partial charge in [-0.15, -0.1) is 0 Å². The molecule has 0 bridgehead atoms. The van der Waals surface area contributed by atoms with Crippen molar-refractivity contribution in [1.29, 1.82) is 0 Å². The summed E-state index contributed by atoms with van der Waals surface area (Å²) in [6, 6.07) is 13.2. The zero-order chi connectivity index (χ0) is 20.7. The highest BCUT2D eigenvalue weighted by atomic mass is 32.2. The van der Waals surface area contributed by atoms with Gasteiger partial charge < -0.3 is 10.6 Å². The molecule has 0 aliphatic rings. The smallest absolute Gasteiger partial charge is 0.238 e. The summed E-state index contributed by atoms with van der Waals surface area (Å²) < 4.78 is 22.8. The number of nitrogens with two attached hydrogens (primary N) is 1. The number of carbonyl (C=O) groups excluding carboxylic acids is 2. The predicted octanol–water partition coefficient (Wildman–Crippen LogP) is 1.41. The maximum atomic E-state index is 12.2. The van der Waals surface area contributed by atoms with Crippen molar-refractivity contribution in [2.24, 2.45) is 5.14 Å². The highest BCUT2D eigenvalue weighted by Gasteiger charge is 2.13. The average molecular weight is 404 g/mol. The van der Waals surface area contributed by atoms with E-state index in [9.17, 15) is 18.0 Å². The van der Waals surface area contributed by atoms with Gasteiger partial charge in [-0.3, -0.25) is 14.5 Å². The second-order valence-electron chi connectivity index (χ2n) is 6.35. The summed E-state index contributed by atoms with van der Waals surface area (Å²) in [6.07, 6.45) is 0.798. The molecule has 0 unspecified atom stereocenters. The summed E-state index contributed by atoms with van der Waals surface area (Å²) in [5, 5.41) is 10.5. The maximum Gasteiger partial charge on any atom is 0.238 e. The van der Waals surface area contributed by atoms with E-state index >= 15 is 0 Å². The third-order valence-corrected chi connectivity index (χ3v) is 4.86. The minimum atomic E-state index is -3.85. The summed E-state index contributed by atoms with van der Waals surface area (Å²) in [7, 11) is -2.21. The summed E-state index contributed by atoms with van der Waals surface area (Å²) in [5.41, 5.74) is 2.10. The maximum absolute atomic E-state index is 12.2. The number of rotatable bonds is 8. The molecule has 0 heterocycles. The lowest BCUT2D eigenvalue weighted by molar-refractivity contribution is -0.119. The standard InChI is InChI=1S/C19H24N4O4S/c1-3-14-7-4-5-10-17(14)22-19(25)13-23(2)12-18(24)21-15-8-6-9-16(11-15)28(20,26)27/h4-11H,3,12-13H2,1-2H3,(H,21,24)(H,22,25)(H2,20,26,27). The van der Waals surface area contributed by atoms with Gasteiger partial charge in [0.1, 0.15) is 0 Å². The van der Waals surface area contributed by atoms with Crippen LogP contribution in [0.2, 0.25) is 0 Å². The van der Waals surface area contributed by atoms with Crippen LogP contribution in [0, 0.1) is 0 Å². The first-order chi connectivity index (χ1) is 13.2. The van der Waals surface area contributed by atoms with Crippen molar-refractivity contribution in [3.05, 3.63) is 54.1 Å². The van der Waals surface area contributed by atoms with Crippen LogP contribution in [0.25, 0.3) is 0 Å². The highest BCUT2D eigenvalue weighted by Crippen LogP contribution is 2.16. The molecule has 0 aromatic heterocycles. The number of benzene rings is 2. The number of likely N-dealkylation sites (N-methyl/N-ethyl adjacent to an activating group) is 1. The van der Waals surface area contributed by atoms with Gasteiger partial charge in [-0.1, -0.05) is 31.2 Å². The molecular weight excluding hydrogens is 380 g/mol. The Morgan fingerprint density at radius 3 is 2.29 bits per heavy atom. The lowest BCUT2D eigenvalue weighted by Gasteiger charge is -2.17. The first kappa shape index (κ1) is 21.5. The number of nitrogens with zero attached hydrogens (tertiary/aromatic N) is 1. The normalized spacial score (nSPS) is 11.3. The fourth-order valence-corrected chi connectivity index (χ4v) is 3.20. The number of amides is 2. The van der Waals surface area contributed by atoms with Gasteiger partial charge in [0.2, 0.25) is 21.8 Å². The van der Waals surface area contributed by atoms with E-state index in [4.69, 9.17) is 5.14 Å². The van der Waals surface area contributed by atoms with Crippen molar-refractivity contribution in [3.8, 4) is 0 Å². The number of anilines is 2. The summed E-state index contributed by atoms with van der Waals surface area (Å²) in [4.78, 5) is 25.8. The van der Waals surface area contributed by atoms with Crippen molar-refractivity contribution in [2.45, 2.75) is 18.2 Å². The van der Waals surface area contributed by atoms with Crippen LogP contribution >= 0.6 is 0 Å². The lowest BCUT2D eigenvalue weighted by Crippen LogP contribution is -2.36. The van der Waals surface area contributed by atoms with Gasteiger partial charge in [-0.05, 0) is 43.3 Å². The molecule has 0 radical (unpaired) electrons. The van der Waals surface area contributed by atoms with E-state index in [1.807, 2.05) is 31.2 Å². The molecule has 0 aliphatic heterocycles. The first-order valence-corrected chi connectivity index (χ1v) is 10.2. The highest BCUT2D eigenvalue weighted by molar-refractivity contribution is 7.89. The lowest BCUT2D eigenvalue weighted by atomic mass is 10.1. The number of aryl methyl sites for hydroxylation is 1. The Morgan fingerprint density at radius 1 is 1.00 bits per heavy atom. The third kappa shape index (κ3) is 6.45. The number of nitrogens with one attached hydrogen (secondary N) is 2. The van der Waals surface area contributed by atoms with Crippen LogP contribution in [0.3, 0.4) is 0 Å². The molecule has 0 atom stereocenters. The van der Waals surface area contributed by atoms with Gasteiger partial charge in [0.05, 0.1) is 18.0 Å². The van der Waals surface area contributed by atoms with Gasteiger partial charge in [-0.25, -0.2) is 13.6 Å². The predicted molar refractivity (Wildman–Crippen MR) is 108 cm³/mol. The Balaban J connectivity index is 1.89. The van der Waals surface area contributed by atoms with Crippen LogP contribution in [0.1, 0.15) is 12.5 Å². The molecule has 0 spiro atoms. The first-order valence-electron chi connectivity index (χ1n) is 8.68. The largest absolute Gasteiger partial charge is 0.325 e. The Hall–Kier alpha value is -2.75. The van der Waals surface area contributed by atoms with Crippen LogP contribution in [-0.4, -0.2) is 45.3 Å². The third-order valence-electron chi connectivity index (χ3n) is 3.95. The van der Waals surface area contributed by atoms with Crippen LogP contribution in [0.15, 0.2) is 53.4 Å². The Bertz CT molecular complexity index is 960. The summed E-state index contributed by atoms with van der Waals surface area (Å²) in [6.45, 7) is 2.00. The number of primary sulfonamides is 1. The van der Waals surface area contributed by atoms with Crippen molar-refractivity contribution in [2.75, 3.05) is 30.8 Å². The molecule has 28 heavy (non-hydrogen) atoms. The molecule has 9 heteroatoms. The average Bonchev–Trinajstić information content (AvgIpc) is 2.61. The fraction of sp³-hybridized carbons (Fsp3) is 0.263. The zero-order valence-corrected chi connectivity index (χ0v) is 16.6. The second-order valence-corrected chi connectivity index (χ2v) is 7.91. The van der Waals surface area contributed by atoms with E-state index in [1.54, 1.807) is 18.0 Å². The van der Waals surface area contributed by atoms with E-state index < -0.39 is 10.0 Å². The van der Waals surface area contributed by atoms with E-state index in [1.165, 1.54) is 18.2 Å². The molecule has 0 aliphatic carbocycles. The van der Waals surface area contributed by atoms with E-state index in [0.717, 1.165) is 17.7 Å². The number of hydrogen-bond donors (Lipinski definition) is 3. The summed E-state index contributed by atoms with van der Waals surface area (Å²) >= 11 is 0. The van der Waals surface area contributed by atoms with Crippen LogP contribution in [0.4, 0.5) is 11.4 Å². The number of carbonyl (C=O) groups is 2. The zero-order valence-electron chi connectivity index (χ0n) is 15.8. The van der Waals surface area contributed by atoms with E-state index in [-0.39, 0.29) is 29.8 Å². The van der Waals surface area contributed by atoms with Crippen LogP contribution in [-0.2, 0) is 26.0 Å². The molecule has 2 rings (SSSR count). The molecule has 2 amide bonds. The monoisotopic (exact) mass is 404 g/mol. The molecule has 2 aromatic rings. The number of hydrogen-bond acceptors (Lipinski definition) is 5. The van der Waals surface area contributed by atoms with Crippen molar-refractivity contribution in [1.82, 2.24) is 4.90 Å². The fourth-order valence-electron chi connectivity index (χ4n) is 2.64. The van der Waals surface area contributed by atoms with Crippen molar-refractivity contribution in [3.63, 3.8) is 0 Å². The minimum absolute atomic E-state index is 0.0304. The van der Waals surface area contributed by atoms with Gasteiger partial charge in [-0.2, -0.15) is 0 Å². The molecule has 0 fully saturated rings. The minimum Gasteiger partial charge on any atom is -0.325 e. The molecule has 0 saturated heterocycles. The van der Waals surface area contributed by atoms with E-state index in [2.05, 4.69) is 10.6 Å². The molecule has 2 aromatic carbocycles. The summed E-state index contributed by atoms with van der Waals surface area (Å²) in [5.74, 6) is -0.608. The second kappa shape index (κ2) is 9.45. The molecule has 4 N–H and O–H groups in total. The van der Waals surface area contributed by atoms with Crippen molar-refractivity contribution < 1.29 is 18.0 Å². The van der Waals surface area contributed by atoms with Gasteiger partial charge >= 0.3 is 0 Å². The Labute approximate surface area is 164 Å². The Kier molecular flexibility index (Phi) is 7.27. The SMILES string of the molecule is CCc1ccccc1NC(=O)CN(C)CC(=O)Nc1cccc(S(N)(=O)=O)c1. The molecule has 150 valence electrons. The van der Waals surface area contributed by atoms with Crippen molar-refractivity contribution >= 4 is 33.2 Å².